The van der Waals surface area contributed by atoms with E-state index in [1.165, 1.54) is 0 Å². The van der Waals surface area contributed by atoms with Crippen LogP contribution in [0.15, 0.2) is 0 Å². The van der Waals surface area contributed by atoms with Gasteiger partial charge in [0.25, 0.3) is 0 Å². The fourth-order valence-electron chi connectivity index (χ4n) is 1.61. The van der Waals surface area contributed by atoms with E-state index in [0.717, 1.165) is 19.4 Å². The molecule has 0 aliphatic carbocycles. The monoisotopic (exact) mass is 200 g/mol. The van der Waals surface area contributed by atoms with Gasteiger partial charge in [-0.05, 0) is 26.2 Å². The third-order valence-electron chi connectivity index (χ3n) is 2.64. The van der Waals surface area contributed by atoms with Crippen molar-refractivity contribution in [3.63, 3.8) is 0 Å². The Labute approximate surface area is 85.2 Å². The Morgan fingerprint density at radius 1 is 1.71 bits per heavy atom. The first kappa shape index (κ1) is 11.5. The summed E-state index contributed by atoms with van der Waals surface area (Å²) in [5, 5.41) is 2.96. The predicted octanol–water partition coefficient (Wildman–Crippen LogP) is 0.409. The molecule has 0 aromatic rings. The van der Waals surface area contributed by atoms with Crippen molar-refractivity contribution in [2.75, 3.05) is 13.2 Å². The number of nitrogens with one attached hydrogen (secondary N) is 1. The first-order chi connectivity index (χ1) is 6.57. The lowest BCUT2D eigenvalue weighted by Crippen LogP contribution is -2.55. The summed E-state index contributed by atoms with van der Waals surface area (Å²) < 4.78 is 5.34. The maximum atomic E-state index is 11.6. The number of ether oxygens (including phenoxy) is 1. The van der Waals surface area contributed by atoms with Crippen LogP contribution in [0, 0.1) is 0 Å². The third kappa shape index (κ3) is 2.96. The Kier molecular flexibility index (Phi) is 3.89. The van der Waals surface area contributed by atoms with Gasteiger partial charge in [-0.25, -0.2) is 0 Å². The molecule has 1 fully saturated rings. The lowest BCUT2D eigenvalue weighted by Gasteiger charge is -2.35. The lowest BCUT2D eigenvalue weighted by atomic mass is 9.94. The van der Waals surface area contributed by atoms with E-state index in [2.05, 4.69) is 5.32 Å². The Hall–Kier alpha value is -0.610. The van der Waals surface area contributed by atoms with Crippen molar-refractivity contribution >= 4 is 5.91 Å². The molecule has 0 radical (unpaired) electrons. The molecule has 4 heteroatoms. The highest BCUT2D eigenvalue weighted by Gasteiger charge is 2.30. The average Bonchev–Trinajstić information content (AvgIpc) is 2.17. The zero-order valence-corrected chi connectivity index (χ0v) is 9.01. The second-order valence-corrected chi connectivity index (χ2v) is 4.22. The van der Waals surface area contributed by atoms with Gasteiger partial charge in [-0.15, -0.1) is 0 Å². The van der Waals surface area contributed by atoms with Crippen LogP contribution in [0.1, 0.15) is 33.1 Å². The Bertz CT molecular complexity index is 200. The lowest BCUT2D eigenvalue weighted by molar-refractivity contribution is -0.126. The number of carbonyl (C=O) groups excluding carboxylic acids is 1. The van der Waals surface area contributed by atoms with Crippen molar-refractivity contribution in [2.24, 2.45) is 5.73 Å². The molecule has 0 aromatic carbocycles. The maximum Gasteiger partial charge on any atom is 0.237 e. The summed E-state index contributed by atoms with van der Waals surface area (Å²) in [6.07, 6.45) is 2.64. The van der Waals surface area contributed by atoms with E-state index in [-0.39, 0.29) is 11.4 Å². The number of rotatable bonds is 3. The average molecular weight is 200 g/mol. The molecule has 0 bridgehead atoms. The van der Waals surface area contributed by atoms with E-state index in [9.17, 15) is 4.79 Å². The third-order valence-corrected chi connectivity index (χ3v) is 2.64. The van der Waals surface area contributed by atoms with E-state index in [1.54, 1.807) is 0 Å². The summed E-state index contributed by atoms with van der Waals surface area (Å²) in [5.74, 6) is -0.0690. The van der Waals surface area contributed by atoms with Crippen molar-refractivity contribution < 1.29 is 9.53 Å². The summed E-state index contributed by atoms with van der Waals surface area (Å²) in [6, 6.07) is -0.395. The molecule has 0 spiro atoms. The number of hydrogen-bond acceptors (Lipinski definition) is 3. The largest absolute Gasteiger partial charge is 0.379 e. The number of hydrogen-bond donors (Lipinski definition) is 2. The van der Waals surface area contributed by atoms with Crippen LogP contribution in [-0.2, 0) is 9.53 Å². The molecule has 4 nitrogen and oxygen atoms in total. The molecular weight excluding hydrogens is 180 g/mol. The van der Waals surface area contributed by atoms with Crippen LogP contribution in [0.2, 0.25) is 0 Å². The van der Waals surface area contributed by atoms with Crippen LogP contribution in [0.25, 0.3) is 0 Å². The van der Waals surface area contributed by atoms with Crippen LogP contribution in [0.4, 0.5) is 0 Å². The molecule has 0 aromatic heterocycles. The minimum absolute atomic E-state index is 0.0690. The molecule has 3 N–H and O–H groups in total. The van der Waals surface area contributed by atoms with Crippen molar-refractivity contribution in [2.45, 2.75) is 44.7 Å². The summed E-state index contributed by atoms with van der Waals surface area (Å²) in [7, 11) is 0. The van der Waals surface area contributed by atoms with E-state index in [4.69, 9.17) is 10.5 Å². The number of nitrogens with two attached hydrogens (primary N) is 1. The molecule has 1 saturated heterocycles. The SMILES string of the molecule is CCC(N)C(=O)NC1(C)CCCOC1. The highest BCUT2D eigenvalue weighted by molar-refractivity contribution is 5.82. The first-order valence-corrected chi connectivity index (χ1v) is 5.23. The van der Waals surface area contributed by atoms with E-state index in [0.29, 0.717) is 13.0 Å². The molecule has 1 aliphatic rings. The molecule has 1 amide bonds. The van der Waals surface area contributed by atoms with Gasteiger partial charge in [-0.3, -0.25) is 4.79 Å². The van der Waals surface area contributed by atoms with Gasteiger partial charge in [0.05, 0.1) is 18.2 Å². The summed E-state index contributed by atoms with van der Waals surface area (Å²) in [4.78, 5) is 11.6. The van der Waals surface area contributed by atoms with Crippen LogP contribution in [0.3, 0.4) is 0 Å². The van der Waals surface area contributed by atoms with Crippen molar-refractivity contribution in [1.82, 2.24) is 5.32 Å². The molecule has 1 heterocycles. The maximum absolute atomic E-state index is 11.6. The van der Waals surface area contributed by atoms with Crippen molar-refractivity contribution in [1.29, 1.82) is 0 Å². The van der Waals surface area contributed by atoms with Crippen LogP contribution < -0.4 is 11.1 Å². The Morgan fingerprint density at radius 3 is 2.93 bits per heavy atom. The van der Waals surface area contributed by atoms with Gasteiger partial charge >= 0.3 is 0 Å². The van der Waals surface area contributed by atoms with Gasteiger partial charge < -0.3 is 15.8 Å². The van der Waals surface area contributed by atoms with Gasteiger partial charge in [-0.1, -0.05) is 6.92 Å². The molecule has 82 valence electrons. The summed E-state index contributed by atoms with van der Waals surface area (Å²) in [6.45, 7) is 5.30. The molecule has 1 rings (SSSR count). The fraction of sp³-hybridized carbons (Fsp3) is 0.900. The molecule has 1 aliphatic heterocycles. The highest BCUT2D eigenvalue weighted by Crippen LogP contribution is 2.18. The minimum atomic E-state index is -0.395. The molecule has 0 saturated carbocycles. The zero-order valence-electron chi connectivity index (χ0n) is 9.01. The van der Waals surface area contributed by atoms with Gasteiger partial charge in [0.1, 0.15) is 0 Å². The minimum Gasteiger partial charge on any atom is -0.379 e. The normalized spacial score (nSPS) is 29.6. The Balaban J connectivity index is 2.44. The van der Waals surface area contributed by atoms with E-state index in [1.807, 2.05) is 13.8 Å². The number of amides is 1. The smallest absolute Gasteiger partial charge is 0.237 e. The molecule has 14 heavy (non-hydrogen) atoms. The number of carbonyl (C=O) groups is 1. The predicted molar refractivity (Wildman–Crippen MR) is 54.9 cm³/mol. The van der Waals surface area contributed by atoms with Gasteiger partial charge in [-0.2, -0.15) is 0 Å². The van der Waals surface area contributed by atoms with Crippen molar-refractivity contribution in [3.05, 3.63) is 0 Å². The fourth-order valence-corrected chi connectivity index (χ4v) is 1.61. The summed E-state index contributed by atoms with van der Waals surface area (Å²) >= 11 is 0. The highest BCUT2D eigenvalue weighted by atomic mass is 16.5. The Morgan fingerprint density at radius 2 is 2.43 bits per heavy atom. The molecule has 2 unspecified atom stereocenters. The van der Waals surface area contributed by atoms with E-state index < -0.39 is 6.04 Å². The molecule has 2 atom stereocenters. The second-order valence-electron chi connectivity index (χ2n) is 4.22. The van der Waals surface area contributed by atoms with Gasteiger partial charge in [0, 0.05) is 6.61 Å². The summed E-state index contributed by atoms with van der Waals surface area (Å²) in [5.41, 5.74) is 5.42. The van der Waals surface area contributed by atoms with E-state index >= 15 is 0 Å². The second kappa shape index (κ2) is 4.75. The van der Waals surface area contributed by atoms with Crippen molar-refractivity contribution in [3.8, 4) is 0 Å². The van der Waals surface area contributed by atoms with Crippen LogP contribution in [-0.4, -0.2) is 30.7 Å². The van der Waals surface area contributed by atoms with Gasteiger partial charge in [0.2, 0.25) is 5.91 Å². The van der Waals surface area contributed by atoms with Crippen LogP contribution >= 0.6 is 0 Å². The van der Waals surface area contributed by atoms with Gasteiger partial charge in [0.15, 0.2) is 0 Å². The quantitative estimate of drug-likeness (QED) is 0.693. The van der Waals surface area contributed by atoms with Crippen LogP contribution in [0.5, 0.6) is 0 Å². The standard InChI is InChI=1S/C10H20N2O2/c1-3-8(11)9(13)12-10(2)5-4-6-14-7-10/h8H,3-7,11H2,1-2H3,(H,12,13). The first-order valence-electron chi connectivity index (χ1n) is 5.23. The molecular formula is C10H20N2O2. The topological polar surface area (TPSA) is 64.4 Å². The zero-order chi connectivity index (χ0) is 10.6.